The van der Waals surface area contributed by atoms with Crippen molar-refractivity contribution in [3.63, 3.8) is 0 Å². The minimum absolute atomic E-state index is 0.0927. The SMILES string of the molecule is Cc1ccc(NC(=O)NCCc2cccc(-c3cnc4[nH]ccc4c3)c2)cc1C(F)(F)F. The van der Waals surface area contributed by atoms with Crippen molar-refractivity contribution in [1.82, 2.24) is 15.3 Å². The molecule has 0 unspecified atom stereocenters. The molecule has 164 valence electrons. The number of carbonyl (C=O) groups excluding carboxylic acids is 1. The molecule has 2 aromatic carbocycles. The number of benzene rings is 2. The molecule has 0 atom stereocenters. The highest BCUT2D eigenvalue weighted by Crippen LogP contribution is 2.33. The van der Waals surface area contributed by atoms with Crippen LogP contribution in [0.2, 0.25) is 0 Å². The Hall–Kier alpha value is -3.81. The second-order valence-corrected chi connectivity index (χ2v) is 7.50. The summed E-state index contributed by atoms with van der Waals surface area (Å²) >= 11 is 0. The second-order valence-electron chi connectivity index (χ2n) is 7.50. The van der Waals surface area contributed by atoms with Crippen molar-refractivity contribution in [2.75, 3.05) is 11.9 Å². The van der Waals surface area contributed by atoms with Crippen molar-refractivity contribution in [2.45, 2.75) is 19.5 Å². The Bertz CT molecular complexity index is 1260. The lowest BCUT2D eigenvalue weighted by atomic mass is 10.0. The van der Waals surface area contributed by atoms with Gasteiger partial charge < -0.3 is 15.6 Å². The first kappa shape index (κ1) is 21.4. The summed E-state index contributed by atoms with van der Waals surface area (Å²) in [6.45, 7) is 1.72. The van der Waals surface area contributed by atoms with E-state index in [1.165, 1.54) is 19.1 Å². The van der Waals surface area contributed by atoms with Gasteiger partial charge in [0.2, 0.25) is 0 Å². The number of halogens is 3. The van der Waals surface area contributed by atoms with E-state index < -0.39 is 17.8 Å². The van der Waals surface area contributed by atoms with Gasteiger partial charge in [-0.1, -0.05) is 30.3 Å². The summed E-state index contributed by atoms with van der Waals surface area (Å²) in [5.41, 5.74) is 3.29. The summed E-state index contributed by atoms with van der Waals surface area (Å²) in [7, 11) is 0. The number of urea groups is 1. The molecule has 32 heavy (non-hydrogen) atoms. The molecule has 8 heteroatoms. The van der Waals surface area contributed by atoms with Crippen LogP contribution in [0, 0.1) is 6.92 Å². The molecule has 2 amide bonds. The quantitative estimate of drug-likeness (QED) is 0.362. The maximum Gasteiger partial charge on any atom is 0.416 e. The summed E-state index contributed by atoms with van der Waals surface area (Å²) < 4.78 is 39.1. The van der Waals surface area contributed by atoms with Gasteiger partial charge in [-0.3, -0.25) is 0 Å². The molecule has 5 nitrogen and oxygen atoms in total. The molecule has 0 saturated carbocycles. The van der Waals surface area contributed by atoms with Crippen LogP contribution < -0.4 is 10.6 Å². The first-order valence-electron chi connectivity index (χ1n) is 10.0. The Morgan fingerprint density at radius 1 is 1.06 bits per heavy atom. The standard InChI is InChI=1S/C24H21F3N4O/c1-15-5-6-20(13-21(15)24(25,26)27)31-23(32)29-9-7-16-3-2-4-17(11-16)19-12-18-8-10-28-22(18)30-14-19/h2-6,8,10-14H,7,9H2,1H3,(H,28,30)(H2,29,31,32). The molecule has 0 aliphatic heterocycles. The van der Waals surface area contributed by atoms with Crippen molar-refractivity contribution in [3.8, 4) is 11.1 Å². The molecular weight excluding hydrogens is 417 g/mol. The number of amides is 2. The molecular formula is C24H21F3N4O. The third kappa shape index (κ3) is 4.91. The van der Waals surface area contributed by atoms with E-state index in [9.17, 15) is 18.0 Å². The van der Waals surface area contributed by atoms with E-state index in [0.717, 1.165) is 33.8 Å². The maximum atomic E-state index is 13.0. The number of aromatic nitrogens is 2. The molecule has 4 aromatic rings. The number of hydrogen-bond donors (Lipinski definition) is 3. The van der Waals surface area contributed by atoms with E-state index in [1.807, 2.05) is 36.5 Å². The van der Waals surface area contributed by atoms with Crippen molar-refractivity contribution >= 4 is 22.8 Å². The molecule has 2 aromatic heterocycles. The fourth-order valence-corrected chi connectivity index (χ4v) is 3.50. The fraction of sp³-hybridized carbons (Fsp3) is 0.167. The molecule has 0 aliphatic rings. The molecule has 2 heterocycles. The van der Waals surface area contributed by atoms with Crippen LogP contribution in [-0.2, 0) is 12.6 Å². The van der Waals surface area contributed by atoms with E-state index in [2.05, 4.69) is 26.7 Å². The number of hydrogen-bond acceptors (Lipinski definition) is 2. The number of nitrogens with zero attached hydrogens (tertiary/aromatic N) is 1. The van der Waals surface area contributed by atoms with Crippen LogP contribution in [0.25, 0.3) is 22.2 Å². The lowest BCUT2D eigenvalue weighted by Gasteiger charge is -2.13. The lowest BCUT2D eigenvalue weighted by Crippen LogP contribution is -2.30. The van der Waals surface area contributed by atoms with E-state index in [1.54, 1.807) is 6.20 Å². The highest BCUT2D eigenvalue weighted by Gasteiger charge is 2.32. The fourth-order valence-electron chi connectivity index (χ4n) is 3.50. The van der Waals surface area contributed by atoms with Gasteiger partial charge in [0.05, 0.1) is 5.56 Å². The Kier molecular flexibility index (Phi) is 5.85. The number of fused-ring (bicyclic) bond motifs is 1. The van der Waals surface area contributed by atoms with Gasteiger partial charge in [0, 0.05) is 35.6 Å². The number of pyridine rings is 1. The van der Waals surface area contributed by atoms with Crippen LogP contribution in [0.4, 0.5) is 23.7 Å². The molecule has 0 radical (unpaired) electrons. The largest absolute Gasteiger partial charge is 0.416 e. The zero-order chi connectivity index (χ0) is 22.7. The van der Waals surface area contributed by atoms with Gasteiger partial charge in [0.25, 0.3) is 0 Å². The molecule has 0 spiro atoms. The highest BCUT2D eigenvalue weighted by atomic mass is 19.4. The molecule has 0 aliphatic carbocycles. The van der Waals surface area contributed by atoms with E-state index >= 15 is 0 Å². The van der Waals surface area contributed by atoms with E-state index in [0.29, 0.717) is 13.0 Å². The van der Waals surface area contributed by atoms with Crippen LogP contribution in [0.3, 0.4) is 0 Å². The number of carbonyl (C=O) groups is 1. The Labute approximate surface area is 182 Å². The summed E-state index contributed by atoms with van der Waals surface area (Å²) in [6, 6.07) is 15.1. The number of H-pyrrole nitrogens is 1. The number of aryl methyl sites for hydroxylation is 1. The van der Waals surface area contributed by atoms with Crippen molar-refractivity contribution < 1.29 is 18.0 Å². The summed E-state index contributed by atoms with van der Waals surface area (Å²) in [4.78, 5) is 19.6. The van der Waals surface area contributed by atoms with Gasteiger partial charge in [-0.15, -0.1) is 0 Å². The van der Waals surface area contributed by atoms with Crippen molar-refractivity contribution in [2.24, 2.45) is 0 Å². The average molecular weight is 438 g/mol. The Morgan fingerprint density at radius 2 is 1.91 bits per heavy atom. The van der Waals surface area contributed by atoms with Gasteiger partial charge in [-0.2, -0.15) is 13.2 Å². The van der Waals surface area contributed by atoms with Gasteiger partial charge >= 0.3 is 12.2 Å². The topological polar surface area (TPSA) is 69.8 Å². The van der Waals surface area contributed by atoms with E-state index in [-0.39, 0.29) is 11.3 Å². The van der Waals surface area contributed by atoms with Gasteiger partial charge in [-0.25, -0.2) is 9.78 Å². The van der Waals surface area contributed by atoms with Crippen LogP contribution >= 0.6 is 0 Å². The minimum Gasteiger partial charge on any atom is -0.346 e. The van der Waals surface area contributed by atoms with E-state index in [4.69, 9.17) is 0 Å². The first-order chi connectivity index (χ1) is 15.3. The van der Waals surface area contributed by atoms with Gasteiger partial charge in [-0.05, 0) is 54.3 Å². The summed E-state index contributed by atoms with van der Waals surface area (Å²) in [5.74, 6) is 0. The predicted octanol–water partition coefficient (Wildman–Crippen LogP) is 5.92. The number of aromatic amines is 1. The molecule has 4 rings (SSSR count). The van der Waals surface area contributed by atoms with Crippen molar-refractivity contribution in [3.05, 3.63) is 83.7 Å². The molecule has 0 saturated heterocycles. The van der Waals surface area contributed by atoms with Gasteiger partial charge in [0.15, 0.2) is 0 Å². The predicted molar refractivity (Wildman–Crippen MR) is 118 cm³/mol. The second kappa shape index (κ2) is 8.74. The van der Waals surface area contributed by atoms with Gasteiger partial charge in [0.1, 0.15) is 5.65 Å². The third-order valence-corrected chi connectivity index (χ3v) is 5.16. The molecule has 0 fully saturated rings. The monoisotopic (exact) mass is 438 g/mol. The van der Waals surface area contributed by atoms with Crippen LogP contribution in [0.5, 0.6) is 0 Å². The van der Waals surface area contributed by atoms with Crippen molar-refractivity contribution in [1.29, 1.82) is 0 Å². The van der Waals surface area contributed by atoms with Crippen LogP contribution in [-0.4, -0.2) is 22.5 Å². The molecule has 0 bridgehead atoms. The van der Waals surface area contributed by atoms with Crippen LogP contribution in [0.1, 0.15) is 16.7 Å². The molecule has 3 N–H and O–H groups in total. The smallest absolute Gasteiger partial charge is 0.346 e. The van der Waals surface area contributed by atoms with Crippen LogP contribution in [0.15, 0.2) is 67.0 Å². The average Bonchev–Trinajstić information content (AvgIpc) is 3.22. The summed E-state index contributed by atoms with van der Waals surface area (Å²) in [5, 5.41) is 6.17. The Morgan fingerprint density at radius 3 is 2.72 bits per heavy atom. The Balaban J connectivity index is 1.35. The number of rotatable bonds is 5. The first-order valence-corrected chi connectivity index (χ1v) is 10.0. The zero-order valence-corrected chi connectivity index (χ0v) is 17.3. The zero-order valence-electron chi connectivity index (χ0n) is 17.3. The number of nitrogens with one attached hydrogen (secondary N) is 3. The third-order valence-electron chi connectivity index (χ3n) is 5.16. The number of anilines is 1. The lowest BCUT2D eigenvalue weighted by molar-refractivity contribution is -0.138. The number of alkyl halides is 3. The summed E-state index contributed by atoms with van der Waals surface area (Å²) in [6.07, 6.45) is -0.247. The minimum atomic E-state index is -4.47. The normalized spacial score (nSPS) is 11.5. The highest BCUT2D eigenvalue weighted by molar-refractivity contribution is 5.89. The maximum absolute atomic E-state index is 13.0.